The summed E-state index contributed by atoms with van der Waals surface area (Å²) in [7, 11) is 0. The molecule has 1 aromatic carbocycles. The van der Waals surface area contributed by atoms with Gasteiger partial charge in [0.25, 0.3) is 0 Å². The highest BCUT2D eigenvalue weighted by atomic mass is 32.1. The molecule has 0 amide bonds. The molecule has 3 nitrogen and oxygen atoms in total. The lowest BCUT2D eigenvalue weighted by atomic mass is 10.0. The van der Waals surface area contributed by atoms with Crippen LogP contribution < -0.4 is 0 Å². The quantitative estimate of drug-likeness (QED) is 0.568. The van der Waals surface area contributed by atoms with Crippen LogP contribution in [0.1, 0.15) is 11.1 Å². The van der Waals surface area contributed by atoms with Gasteiger partial charge in [-0.1, -0.05) is 12.1 Å². The van der Waals surface area contributed by atoms with Crippen LogP contribution in [-0.2, 0) is 12.8 Å². The van der Waals surface area contributed by atoms with E-state index >= 15 is 0 Å². The van der Waals surface area contributed by atoms with Crippen LogP contribution in [-0.4, -0.2) is 15.1 Å². The average Bonchev–Trinajstić information content (AvgIpc) is 3.22. The third-order valence-electron chi connectivity index (χ3n) is 4.06. The van der Waals surface area contributed by atoms with Crippen molar-refractivity contribution in [1.82, 2.24) is 9.97 Å². The third-order valence-corrected chi connectivity index (χ3v) is 4.75. The Bertz CT molecular complexity index is 941. The van der Waals surface area contributed by atoms with Crippen LogP contribution in [0, 0.1) is 0 Å². The van der Waals surface area contributed by atoms with Crippen molar-refractivity contribution in [3.63, 3.8) is 0 Å². The Hall–Kier alpha value is -2.59. The van der Waals surface area contributed by atoms with Gasteiger partial charge >= 0.3 is 0 Å². The van der Waals surface area contributed by atoms with Gasteiger partial charge in [0.05, 0.1) is 0 Å². The molecule has 0 aliphatic rings. The summed E-state index contributed by atoms with van der Waals surface area (Å²) < 4.78 is 0. The van der Waals surface area contributed by atoms with Gasteiger partial charge in [0.15, 0.2) is 0 Å². The van der Waals surface area contributed by atoms with Crippen LogP contribution in [0.4, 0.5) is 0 Å². The number of thiophene rings is 1. The van der Waals surface area contributed by atoms with Crippen molar-refractivity contribution in [3.05, 3.63) is 70.7 Å². The highest BCUT2D eigenvalue weighted by Crippen LogP contribution is 2.27. The Labute approximate surface area is 138 Å². The molecule has 0 saturated carbocycles. The predicted octanol–water partition coefficient (Wildman–Crippen LogP) is 4.78. The first-order valence-corrected chi connectivity index (χ1v) is 8.50. The van der Waals surface area contributed by atoms with Crippen LogP contribution in [0.15, 0.2) is 59.6 Å². The van der Waals surface area contributed by atoms with Gasteiger partial charge in [-0.05, 0) is 64.6 Å². The molecule has 0 radical (unpaired) electrons. The lowest BCUT2D eigenvalue weighted by molar-refractivity contribution is 0.474. The van der Waals surface area contributed by atoms with E-state index in [2.05, 4.69) is 32.9 Å². The number of aromatic nitrogens is 2. The molecule has 4 rings (SSSR count). The molecule has 0 aliphatic carbocycles. The van der Waals surface area contributed by atoms with Crippen molar-refractivity contribution >= 4 is 22.4 Å². The van der Waals surface area contributed by atoms with Crippen molar-refractivity contribution in [2.75, 3.05) is 0 Å². The number of phenolic OH excluding ortho intramolecular Hbond substituents is 1. The fourth-order valence-corrected chi connectivity index (χ4v) is 3.51. The lowest BCUT2D eigenvalue weighted by Gasteiger charge is -2.03. The third kappa shape index (κ3) is 2.85. The smallest absolute Gasteiger partial charge is 0.137 e. The van der Waals surface area contributed by atoms with Gasteiger partial charge in [0.2, 0.25) is 0 Å². The van der Waals surface area contributed by atoms with Gasteiger partial charge in [-0.15, -0.1) is 0 Å². The number of hydrogen-bond acceptors (Lipinski definition) is 3. The minimum absolute atomic E-state index is 0.322. The first kappa shape index (κ1) is 14.0. The van der Waals surface area contributed by atoms with Crippen LogP contribution in [0.2, 0.25) is 0 Å². The Balaban J connectivity index is 1.63. The zero-order chi connectivity index (χ0) is 15.6. The Morgan fingerprint density at radius 3 is 2.87 bits per heavy atom. The molecular weight excluding hydrogens is 304 g/mol. The Morgan fingerprint density at radius 2 is 2.04 bits per heavy atom. The molecule has 0 unspecified atom stereocenters. The van der Waals surface area contributed by atoms with E-state index in [4.69, 9.17) is 0 Å². The van der Waals surface area contributed by atoms with Gasteiger partial charge in [0.1, 0.15) is 11.4 Å². The summed E-state index contributed by atoms with van der Waals surface area (Å²) in [6.45, 7) is 0. The molecule has 23 heavy (non-hydrogen) atoms. The number of nitrogens with zero attached hydrogens (tertiary/aromatic N) is 1. The Kier molecular flexibility index (Phi) is 3.60. The summed E-state index contributed by atoms with van der Waals surface area (Å²) in [5.74, 6) is 0.322. The minimum Gasteiger partial charge on any atom is -0.508 e. The number of aromatic amines is 1. The number of fused-ring (bicyclic) bond motifs is 1. The first-order chi connectivity index (χ1) is 11.3. The maximum atomic E-state index is 9.57. The van der Waals surface area contributed by atoms with E-state index in [1.807, 2.05) is 30.6 Å². The second-order valence-electron chi connectivity index (χ2n) is 5.62. The number of nitrogens with one attached hydrogen (secondary N) is 1. The number of rotatable bonds is 4. The number of aryl methyl sites for hydroxylation is 2. The van der Waals surface area contributed by atoms with Crippen molar-refractivity contribution < 1.29 is 5.11 Å². The zero-order valence-corrected chi connectivity index (χ0v) is 13.3. The molecule has 4 aromatic rings. The standard InChI is InChI=1S/C19H16N2OS/c22-17-3-1-2-13(8-17)4-5-14-10-20-19-18(14)9-16(11-21-19)15-6-7-23-12-15/h1-3,6-12,22H,4-5H2,(H,20,21). The summed E-state index contributed by atoms with van der Waals surface area (Å²) >= 11 is 1.70. The maximum Gasteiger partial charge on any atom is 0.137 e. The monoisotopic (exact) mass is 320 g/mol. The van der Waals surface area contributed by atoms with E-state index in [1.54, 1.807) is 17.4 Å². The molecular formula is C19H16N2OS. The molecule has 114 valence electrons. The molecule has 3 heterocycles. The number of hydrogen-bond donors (Lipinski definition) is 2. The van der Waals surface area contributed by atoms with Crippen LogP contribution in [0.3, 0.4) is 0 Å². The summed E-state index contributed by atoms with van der Waals surface area (Å²) in [4.78, 5) is 7.79. The van der Waals surface area contributed by atoms with Crippen molar-refractivity contribution in [1.29, 1.82) is 0 Å². The topological polar surface area (TPSA) is 48.9 Å². The summed E-state index contributed by atoms with van der Waals surface area (Å²) in [6.07, 6.45) is 5.76. The second kappa shape index (κ2) is 5.89. The molecule has 0 saturated heterocycles. The fraction of sp³-hybridized carbons (Fsp3) is 0.105. The van der Waals surface area contributed by atoms with E-state index in [1.165, 1.54) is 16.5 Å². The van der Waals surface area contributed by atoms with Gasteiger partial charge < -0.3 is 10.1 Å². The van der Waals surface area contributed by atoms with Crippen molar-refractivity contribution in [2.24, 2.45) is 0 Å². The SMILES string of the molecule is Oc1cccc(CCc2c[nH]c3ncc(-c4ccsc4)cc23)c1. The molecule has 0 atom stereocenters. The molecule has 0 bridgehead atoms. The minimum atomic E-state index is 0.322. The van der Waals surface area contributed by atoms with E-state index in [-0.39, 0.29) is 0 Å². The molecule has 4 heteroatoms. The fourth-order valence-electron chi connectivity index (χ4n) is 2.84. The predicted molar refractivity (Wildman–Crippen MR) is 94.9 cm³/mol. The Morgan fingerprint density at radius 1 is 1.09 bits per heavy atom. The van der Waals surface area contributed by atoms with E-state index < -0.39 is 0 Å². The molecule has 3 aromatic heterocycles. The van der Waals surface area contributed by atoms with Crippen molar-refractivity contribution in [3.8, 4) is 16.9 Å². The van der Waals surface area contributed by atoms with Crippen molar-refractivity contribution in [2.45, 2.75) is 12.8 Å². The van der Waals surface area contributed by atoms with Crippen LogP contribution >= 0.6 is 11.3 Å². The highest BCUT2D eigenvalue weighted by molar-refractivity contribution is 7.08. The number of H-pyrrole nitrogens is 1. The number of aromatic hydroxyl groups is 1. The molecule has 0 spiro atoms. The van der Waals surface area contributed by atoms with E-state index in [0.717, 1.165) is 29.6 Å². The largest absolute Gasteiger partial charge is 0.508 e. The highest BCUT2D eigenvalue weighted by Gasteiger charge is 2.08. The molecule has 0 aliphatic heterocycles. The second-order valence-corrected chi connectivity index (χ2v) is 6.40. The summed E-state index contributed by atoms with van der Waals surface area (Å²) in [6, 6.07) is 11.8. The normalized spacial score (nSPS) is 11.1. The number of benzene rings is 1. The van der Waals surface area contributed by atoms with Crippen LogP contribution in [0.25, 0.3) is 22.2 Å². The van der Waals surface area contributed by atoms with Gasteiger partial charge in [0, 0.05) is 23.3 Å². The van der Waals surface area contributed by atoms with Gasteiger partial charge in [-0.3, -0.25) is 0 Å². The summed E-state index contributed by atoms with van der Waals surface area (Å²) in [5, 5.41) is 15.0. The van der Waals surface area contributed by atoms with Crippen LogP contribution in [0.5, 0.6) is 5.75 Å². The zero-order valence-electron chi connectivity index (χ0n) is 12.5. The average molecular weight is 320 g/mol. The summed E-state index contributed by atoms with van der Waals surface area (Å²) in [5.41, 5.74) is 5.69. The molecule has 2 N–H and O–H groups in total. The lowest BCUT2D eigenvalue weighted by Crippen LogP contribution is -1.90. The first-order valence-electron chi connectivity index (χ1n) is 7.56. The van der Waals surface area contributed by atoms with Gasteiger partial charge in [-0.25, -0.2) is 4.98 Å². The number of phenols is 1. The molecule has 0 fully saturated rings. The van der Waals surface area contributed by atoms with Gasteiger partial charge in [-0.2, -0.15) is 11.3 Å². The van der Waals surface area contributed by atoms with E-state index in [0.29, 0.717) is 5.75 Å². The maximum absolute atomic E-state index is 9.57. The van der Waals surface area contributed by atoms with E-state index in [9.17, 15) is 5.11 Å². The number of pyridine rings is 1.